The van der Waals surface area contributed by atoms with Crippen LogP contribution in [0, 0.1) is 0 Å². The third-order valence-electron chi connectivity index (χ3n) is 4.21. The van der Waals surface area contributed by atoms with Gasteiger partial charge in [0.1, 0.15) is 21.1 Å². The van der Waals surface area contributed by atoms with Gasteiger partial charge in [0.05, 0.1) is 31.6 Å². The minimum atomic E-state index is -0.742. The Morgan fingerprint density at radius 2 is 1.67 bits per heavy atom. The molecule has 2 aromatic heterocycles. The lowest BCUT2D eigenvalue weighted by atomic mass is 10.2. The Labute approximate surface area is 214 Å². The third kappa shape index (κ3) is 9.64. The van der Waals surface area contributed by atoms with Crippen LogP contribution in [0.25, 0.3) is 10.6 Å². The number of aliphatic imine (C=N–C) groups is 1. The summed E-state index contributed by atoms with van der Waals surface area (Å²) in [7, 11) is 3.22. The molecule has 0 saturated heterocycles. The van der Waals surface area contributed by atoms with Gasteiger partial charge in [0.2, 0.25) is 12.2 Å². The summed E-state index contributed by atoms with van der Waals surface area (Å²) < 4.78 is 19.1. The topological polar surface area (TPSA) is 137 Å². The second-order valence-electron chi connectivity index (χ2n) is 9.81. The van der Waals surface area contributed by atoms with E-state index in [1.807, 2.05) is 28.8 Å². The lowest BCUT2D eigenvalue weighted by Crippen LogP contribution is -2.47. The van der Waals surface area contributed by atoms with E-state index >= 15 is 0 Å². The highest BCUT2D eigenvalue weighted by Gasteiger charge is 2.21. The number of hydrogen-bond acceptors (Lipinski definition) is 9. The zero-order valence-corrected chi connectivity index (χ0v) is 22.8. The number of guanidine groups is 1. The van der Waals surface area contributed by atoms with Gasteiger partial charge in [-0.3, -0.25) is 15.6 Å². The van der Waals surface area contributed by atoms with Crippen LogP contribution in [0.15, 0.2) is 23.6 Å². The lowest BCUT2D eigenvalue weighted by molar-refractivity contribution is -0.753. The molecule has 2 amide bonds. The first-order chi connectivity index (χ1) is 16.7. The highest BCUT2D eigenvalue weighted by atomic mass is 32.1. The summed E-state index contributed by atoms with van der Waals surface area (Å²) in [6.07, 6.45) is 4.44. The molecule has 2 aromatic rings. The molecule has 0 aromatic carbocycles. The highest BCUT2D eigenvalue weighted by Crippen LogP contribution is 2.24. The van der Waals surface area contributed by atoms with Crippen LogP contribution in [0.3, 0.4) is 0 Å². The molecule has 2 heterocycles. The van der Waals surface area contributed by atoms with Crippen LogP contribution in [0.1, 0.15) is 57.6 Å². The number of nitrogens with one attached hydrogen (secondary N) is 2. The number of rotatable bonds is 6. The van der Waals surface area contributed by atoms with Crippen molar-refractivity contribution in [2.75, 3.05) is 13.7 Å². The number of methoxy groups -OCH3 is 1. The summed E-state index contributed by atoms with van der Waals surface area (Å²) in [4.78, 5) is 45.1. The molecule has 0 atom stereocenters. The fourth-order valence-corrected chi connectivity index (χ4v) is 3.64. The second-order valence-corrected chi connectivity index (χ2v) is 10.8. The molecule has 2 N–H and O–H groups in total. The quantitative estimate of drug-likeness (QED) is 0.148. The summed E-state index contributed by atoms with van der Waals surface area (Å²) in [5.74, 6) is -0.481. The van der Waals surface area contributed by atoms with E-state index in [1.165, 1.54) is 24.6 Å². The first-order valence-electron chi connectivity index (χ1n) is 11.3. The van der Waals surface area contributed by atoms with E-state index in [4.69, 9.17) is 14.2 Å². The van der Waals surface area contributed by atoms with Crippen LogP contribution in [0.5, 0.6) is 0 Å². The van der Waals surface area contributed by atoms with Crippen LogP contribution >= 0.6 is 11.3 Å². The number of esters is 1. The molecule has 0 fully saturated rings. The van der Waals surface area contributed by atoms with Crippen molar-refractivity contribution in [2.45, 2.75) is 65.7 Å². The van der Waals surface area contributed by atoms with Gasteiger partial charge in [-0.25, -0.2) is 19.4 Å². The Morgan fingerprint density at radius 3 is 2.19 bits per heavy atom. The monoisotopic (exact) mass is 523 g/mol. The van der Waals surface area contributed by atoms with E-state index in [-0.39, 0.29) is 5.96 Å². The number of alkyl carbamates (subject to hydrolysis) is 2. The zero-order valence-electron chi connectivity index (χ0n) is 22.0. The molecule has 0 unspecified atom stereocenters. The van der Waals surface area contributed by atoms with Gasteiger partial charge in [0.15, 0.2) is 7.05 Å². The number of aromatic nitrogens is 3. The minimum Gasteiger partial charge on any atom is -0.465 e. The maximum atomic E-state index is 12.2. The fraction of sp³-hybridized carbons (Fsp3) is 0.565. The van der Waals surface area contributed by atoms with Crippen molar-refractivity contribution in [1.82, 2.24) is 20.3 Å². The van der Waals surface area contributed by atoms with E-state index in [9.17, 15) is 14.4 Å². The first kappa shape index (κ1) is 28.8. The van der Waals surface area contributed by atoms with Gasteiger partial charge in [-0.1, -0.05) is 0 Å². The number of ether oxygens (including phenoxy) is 3. The number of thiazole rings is 1. The Morgan fingerprint density at radius 1 is 1.08 bits per heavy atom. The van der Waals surface area contributed by atoms with Gasteiger partial charge in [-0.05, 0) is 48.0 Å². The summed E-state index contributed by atoms with van der Waals surface area (Å²) in [5.41, 5.74) is -0.561. The van der Waals surface area contributed by atoms with Crippen molar-refractivity contribution < 1.29 is 33.3 Å². The summed E-state index contributed by atoms with van der Waals surface area (Å²) in [6.45, 7) is 11.3. The fourth-order valence-electron chi connectivity index (χ4n) is 2.83. The smallest absolute Gasteiger partial charge is 0.414 e. The van der Waals surface area contributed by atoms with Gasteiger partial charge >= 0.3 is 18.2 Å². The molecule has 2 rings (SSSR count). The largest absolute Gasteiger partial charge is 0.465 e. The van der Waals surface area contributed by atoms with Crippen molar-refractivity contribution in [3.05, 3.63) is 23.5 Å². The lowest BCUT2D eigenvalue weighted by Gasteiger charge is -2.22. The SMILES string of the molecule is COC(=O)c1cnc(-c2cn(CCCN=C(NC(=O)OC(C)(C)C)NC(=O)OC(C)(C)C)[n+](C)c2)s1. The van der Waals surface area contributed by atoms with Crippen LogP contribution in [-0.4, -0.2) is 58.6 Å². The molecule has 0 aliphatic carbocycles. The molecule has 0 aliphatic heterocycles. The Kier molecular flexibility index (Phi) is 9.56. The number of hydrogen-bond donors (Lipinski definition) is 2. The Hall–Kier alpha value is -3.48. The molecule has 0 spiro atoms. The van der Waals surface area contributed by atoms with Gasteiger partial charge in [-0.15, -0.1) is 16.0 Å². The number of carbonyl (C=O) groups excluding carboxylic acids is 3. The Bertz CT molecular complexity index is 1080. The molecule has 0 aliphatic rings. The third-order valence-corrected chi connectivity index (χ3v) is 5.24. The van der Waals surface area contributed by atoms with Crippen LogP contribution in [0.2, 0.25) is 0 Å². The van der Waals surface area contributed by atoms with E-state index in [0.717, 1.165) is 5.56 Å². The standard InChI is InChI=1S/C23H34N6O6S/c1-22(2,3)34-20(31)26-19(27-21(32)35-23(4,5)6)24-10-9-11-29-14-15(13-28(29)7)17-25-12-16(36-17)18(30)33-8/h12-14H,9-11H2,1-8H3,(H-,24,26,27,31,32)/p+1. The summed E-state index contributed by atoms with van der Waals surface area (Å²) >= 11 is 1.25. The Balaban J connectivity index is 2.04. The van der Waals surface area contributed by atoms with Gasteiger partial charge in [-0.2, -0.15) is 4.68 Å². The molecule has 12 nitrogen and oxygen atoms in total. The first-order valence-corrected chi connectivity index (χ1v) is 12.1. The normalized spacial score (nSPS) is 11.4. The van der Waals surface area contributed by atoms with Crippen LogP contribution in [-0.2, 0) is 27.8 Å². The molecule has 0 saturated carbocycles. The predicted octanol–water partition coefficient (Wildman–Crippen LogP) is 3.02. The zero-order chi connectivity index (χ0) is 27.1. The number of aryl methyl sites for hydroxylation is 2. The maximum absolute atomic E-state index is 12.2. The molecule has 0 bridgehead atoms. The van der Waals surface area contributed by atoms with Crippen LogP contribution < -0.4 is 15.3 Å². The summed E-state index contributed by atoms with van der Waals surface area (Å²) in [5, 5.41) is 5.63. The van der Waals surface area contributed by atoms with Gasteiger partial charge < -0.3 is 14.2 Å². The number of nitrogens with zero attached hydrogens (tertiary/aromatic N) is 4. The maximum Gasteiger partial charge on any atom is 0.414 e. The molecular weight excluding hydrogens is 488 g/mol. The van der Waals surface area contributed by atoms with Crippen molar-refractivity contribution >= 4 is 35.5 Å². The van der Waals surface area contributed by atoms with E-state index < -0.39 is 29.4 Å². The van der Waals surface area contributed by atoms with Crippen molar-refractivity contribution in [3.8, 4) is 10.6 Å². The molecular formula is C23H35N6O6S+. The van der Waals surface area contributed by atoms with Gasteiger partial charge in [0, 0.05) is 6.54 Å². The minimum absolute atomic E-state index is 0.0609. The van der Waals surface area contributed by atoms with Crippen LogP contribution in [0.4, 0.5) is 9.59 Å². The molecule has 0 radical (unpaired) electrons. The highest BCUT2D eigenvalue weighted by molar-refractivity contribution is 7.16. The van der Waals surface area contributed by atoms with E-state index in [1.54, 1.807) is 41.5 Å². The number of amides is 2. The predicted molar refractivity (Wildman–Crippen MR) is 134 cm³/mol. The van der Waals surface area contributed by atoms with Gasteiger partial charge in [0.25, 0.3) is 0 Å². The molecule has 36 heavy (non-hydrogen) atoms. The number of carbonyl (C=O) groups is 3. The second kappa shape index (κ2) is 12.0. The van der Waals surface area contributed by atoms with Crippen molar-refractivity contribution in [1.29, 1.82) is 0 Å². The average molecular weight is 524 g/mol. The molecule has 198 valence electrons. The van der Waals surface area contributed by atoms with E-state index in [0.29, 0.717) is 29.4 Å². The van der Waals surface area contributed by atoms with Crippen molar-refractivity contribution in [2.24, 2.45) is 12.0 Å². The molecule has 13 heteroatoms. The van der Waals surface area contributed by atoms with Crippen molar-refractivity contribution in [3.63, 3.8) is 0 Å². The summed E-state index contributed by atoms with van der Waals surface area (Å²) in [6, 6.07) is 0. The average Bonchev–Trinajstić information content (AvgIpc) is 3.34. The van der Waals surface area contributed by atoms with E-state index in [2.05, 4.69) is 20.6 Å².